The molecule has 0 saturated heterocycles. The van der Waals surface area contributed by atoms with Crippen LogP contribution in [0.15, 0.2) is 30.3 Å². The van der Waals surface area contributed by atoms with Crippen LogP contribution in [0.3, 0.4) is 0 Å². The van der Waals surface area contributed by atoms with Gasteiger partial charge in [0.25, 0.3) is 5.78 Å². The molecule has 2 N–H and O–H groups in total. The number of hydrogen-bond donors (Lipinski definition) is 2. The molecular formula is C11H7F3O5. The maximum Gasteiger partial charge on any atom is 0.573 e. The third-order valence-corrected chi connectivity index (χ3v) is 1.86. The number of rotatable bonds is 4. The lowest BCUT2D eigenvalue weighted by Gasteiger charge is -2.08. The molecular weight excluding hydrogens is 269 g/mol. The maximum absolute atomic E-state index is 11.9. The van der Waals surface area contributed by atoms with Crippen molar-refractivity contribution in [1.82, 2.24) is 0 Å². The number of benzene rings is 1. The first-order valence-corrected chi connectivity index (χ1v) is 4.73. The molecule has 102 valence electrons. The van der Waals surface area contributed by atoms with Gasteiger partial charge in [-0.3, -0.25) is 4.79 Å². The summed E-state index contributed by atoms with van der Waals surface area (Å²) in [5, 5.41) is 17.7. The third kappa shape index (κ3) is 4.70. The molecule has 19 heavy (non-hydrogen) atoms. The first-order chi connectivity index (χ1) is 8.69. The summed E-state index contributed by atoms with van der Waals surface area (Å²) in [5.41, 5.74) is -0.0240. The van der Waals surface area contributed by atoms with Gasteiger partial charge in [-0.15, -0.1) is 13.2 Å². The molecule has 0 unspecified atom stereocenters. The van der Waals surface area contributed by atoms with E-state index in [9.17, 15) is 27.9 Å². The summed E-state index contributed by atoms with van der Waals surface area (Å²) in [5.74, 6) is -4.30. The van der Waals surface area contributed by atoms with E-state index < -0.39 is 29.6 Å². The van der Waals surface area contributed by atoms with Crippen molar-refractivity contribution in [2.24, 2.45) is 0 Å². The highest BCUT2D eigenvalue weighted by Gasteiger charge is 2.30. The molecule has 8 heteroatoms. The maximum atomic E-state index is 11.9. The molecule has 0 spiro atoms. The fourth-order valence-electron chi connectivity index (χ4n) is 1.10. The first-order valence-electron chi connectivity index (χ1n) is 4.73. The SMILES string of the molecule is O=C(O)C(=O)/C=C(\O)c1ccc(OC(F)(F)F)cc1. The minimum Gasteiger partial charge on any atom is -0.507 e. The number of ketones is 1. The van der Waals surface area contributed by atoms with Gasteiger partial charge in [0.2, 0.25) is 0 Å². The number of hydrogen-bond acceptors (Lipinski definition) is 4. The number of carboxylic acids is 1. The Morgan fingerprint density at radius 1 is 1.11 bits per heavy atom. The summed E-state index contributed by atoms with van der Waals surface area (Å²) in [6.07, 6.45) is -4.39. The van der Waals surface area contributed by atoms with Crippen molar-refractivity contribution in [3.05, 3.63) is 35.9 Å². The molecule has 1 aromatic rings. The predicted molar refractivity (Wildman–Crippen MR) is 56.4 cm³/mol. The van der Waals surface area contributed by atoms with Gasteiger partial charge < -0.3 is 14.9 Å². The first kappa shape index (κ1) is 14.6. The predicted octanol–water partition coefficient (Wildman–Crippen LogP) is 2.14. The molecule has 1 aromatic carbocycles. The van der Waals surface area contributed by atoms with Crippen LogP contribution in [0.4, 0.5) is 13.2 Å². The fraction of sp³-hybridized carbons (Fsp3) is 0.0909. The van der Waals surface area contributed by atoms with Crippen molar-refractivity contribution in [3.63, 3.8) is 0 Å². The molecule has 5 nitrogen and oxygen atoms in total. The number of carbonyl (C=O) groups is 2. The average Bonchev–Trinajstić information content (AvgIpc) is 2.27. The summed E-state index contributed by atoms with van der Waals surface area (Å²) < 4.78 is 39.2. The van der Waals surface area contributed by atoms with Gasteiger partial charge in [-0.25, -0.2) is 4.79 Å². The fourth-order valence-corrected chi connectivity index (χ4v) is 1.10. The van der Waals surface area contributed by atoms with Crippen molar-refractivity contribution < 1.29 is 37.7 Å². The van der Waals surface area contributed by atoms with Gasteiger partial charge in [0.1, 0.15) is 11.5 Å². The number of carboxylic acid groups (broad SMARTS) is 1. The molecule has 0 radical (unpaired) electrons. The van der Waals surface area contributed by atoms with E-state index in [1.807, 2.05) is 0 Å². The van der Waals surface area contributed by atoms with Gasteiger partial charge in [0, 0.05) is 11.6 Å². The molecule has 0 amide bonds. The van der Waals surface area contributed by atoms with Gasteiger partial charge in [0.15, 0.2) is 0 Å². The Labute approximate surface area is 104 Å². The van der Waals surface area contributed by atoms with Crippen LogP contribution >= 0.6 is 0 Å². The molecule has 0 saturated carbocycles. The highest BCUT2D eigenvalue weighted by Crippen LogP contribution is 2.24. The summed E-state index contributed by atoms with van der Waals surface area (Å²) in [6.45, 7) is 0. The Kier molecular flexibility index (Phi) is 4.15. The zero-order chi connectivity index (χ0) is 14.6. The van der Waals surface area contributed by atoms with E-state index in [0.29, 0.717) is 6.08 Å². The van der Waals surface area contributed by atoms with Crippen molar-refractivity contribution in [1.29, 1.82) is 0 Å². The largest absolute Gasteiger partial charge is 0.573 e. The van der Waals surface area contributed by atoms with E-state index in [4.69, 9.17) is 5.11 Å². The molecule has 0 atom stereocenters. The quantitative estimate of drug-likeness (QED) is 0.500. The van der Waals surface area contributed by atoms with Crippen LogP contribution in [0, 0.1) is 0 Å². The molecule has 0 aliphatic heterocycles. The molecule has 0 aliphatic rings. The van der Waals surface area contributed by atoms with Crippen molar-refractivity contribution in [2.45, 2.75) is 6.36 Å². The Morgan fingerprint density at radius 3 is 2.05 bits per heavy atom. The smallest absolute Gasteiger partial charge is 0.507 e. The van der Waals surface area contributed by atoms with E-state index in [2.05, 4.69) is 4.74 Å². The van der Waals surface area contributed by atoms with Crippen molar-refractivity contribution in [3.8, 4) is 5.75 Å². The molecule has 0 heterocycles. The van der Waals surface area contributed by atoms with E-state index in [1.54, 1.807) is 0 Å². The lowest BCUT2D eigenvalue weighted by atomic mass is 10.1. The molecule has 1 rings (SSSR count). The Balaban J connectivity index is 2.87. The van der Waals surface area contributed by atoms with Crippen LogP contribution in [-0.4, -0.2) is 28.3 Å². The third-order valence-electron chi connectivity index (χ3n) is 1.86. The monoisotopic (exact) mass is 276 g/mol. The number of ether oxygens (including phenoxy) is 1. The standard InChI is InChI=1S/C11H7F3O5/c12-11(13,14)19-7-3-1-6(2-4-7)8(15)5-9(16)10(17)18/h1-5,15H,(H,17,18)/b8-5-. The minimum atomic E-state index is -4.83. The Bertz CT molecular complexity index is 516. The second-order valence-electron chi connectivity index (χ2n) is 3.27. The molecule has 0 bridgehead atoms. The average molecular weight is 276 g/mol. The second kappa shape index (κ2) is 5.42. The van der Waals surface area contributed by atoms with Gasteiger partial charge >= 0.3 is 12.3 Å². The zero-order valence-corrected chi connectivity index (χ0v) is 9.14. The molecule has 0 aliphatic carbocycles. The van der Waals surface area contributed by atoms with Crippen LogP contribution in [0.1, 0.15) is 5.56 Å². The number of alkyl halides is 3. The van der Waals surface area contributed by atoms with Gasteiger partial charge in [-0.1, -0.05) is 0 Å². The van der Waals surface area contributed by atoms with E-state index in [0.717, 1.165) is 24.3 Å². The van der Waals surface area contributed by atoms with Crippen molar-refractivity contribution >= 4 is 17.5 Å². The van der Waals surface area contributed by atoms with Crippen LogP contribution < -0.4 is 4.74 Å². The van der Waals surface area contributed by atoms with Gasteiger partial charge in [-0.05, 0) is 24.3 Å². The van der Waals surface area contributed by atoms with E-state index in [1.165, 1.54) is 0 Å². The molecule has 0 aromatic heterocycles. The van der Waals surface area contributed by atoms with Crippen LogP contribution in [0.5, 0.6) is 5.75 Å². The van der Waals surface area contributed by atoms with Gasteiger partial charge in [-0.2, -0.15) is 0 Å². The van der Waals surface area contributed by atoms with E-state index in [-0.39, 0.29) is 5.56 Å². The number of carbonyl (C=O) groups excluding carboxylic acids is 1. The van der Waals surface area contributed by atoms with Gasteiger partial charge in [0.05, 0.1) is 0 Å². The van der Waals surface area contributed by atoms with Crippen LogP contribution in [0.25, 0.3) is 5.76 Å². The normalized spacial score (nSPS) is 12.1. The lowest BCUT2D eigenvalue weighted by molar-refractivity contribution is -0.274. The highest BCUT2D eigenvalue weighted by atomic mass is 19.4. The number of aliphatic hydroxyl groups excluding tert-OH is 1. The number of aliphatic carboxylic acids is 1. The number of aliphatic hydroxyl groups is 1. The molecule has 0 fully saturated rings. The lowest BCUT2D eigenvalue weighted by Crippen LogP contribution is -2.17. The minimum absolute atomic E-state index is 0.0240. The van der Waals surface area contributed by atoms with E-state index >= 15 is 0 Å². The van der Waals surface area contributed by atoms with Crippen LogP contribution in [0.2, 0.25) is 0 Å². The summed E-state index contributed by atoms with van der Waals surface area (Å²) >= 11 is 0. The Morgan fingerprint density at radius 2 is 1.63 bits per heavy atom. The summed E-state index contributed by atoms with van der Waals surface area (Å²) in [6, 6.07) is 3.92. The summed E-state index contributed by atoms with van der Waals surface area (Å²) in [7, 11) is 0. The summed E-state index contributed by atoms with van der Waals surface area (Å²) in [4.78, 5) is 21.0. The highest BCUT2D eigenvalue weighted by molar-refractivity contribution is 6.38. The second-order valence-corrected chi connectivity index (χ2v) is 3.27. The van der Waals surface area contributed by atoms with Crippen LogP contribution in [-0.2, 0) is 9.59 Å². The number of halogens is 3. The zero-order valence-electron chi connectivity index (χ0n) is 9.14. The topological polar surface area (TPSA) is 83.8 Å². The van der Waals surface area contributed by atoms with Crippen molar-refractivity contribution in [2.75, 3.05) is 0 Å². The Hall–Kier alpha value is -2.51.